The van der Waals surface area contributed by atoms with E-state index in [9.17, 15) is 0 Å². The first kappa shape index (κ1) is 29.8. The summed E-state index contributed by atoms with van der Waals surface area (Å²) in [5.74, 6) is 0.896. The molecule has 4 nitrogen and oxygen atoms in total. The van der Waals surface area contributed by atoms with Crippen LogP contribution in [0.15, 0.2) is 194 Å². The van der Waals surface area contributed by atoms with Crippen molar-refractivity contribution in [3.05, 3.63) is 194 Å². The molecule has 4 heteroatoms. The molecule has 0 aliphatic rings. The Kier molecular flexibility index (Phi) is 7.10. The summed E-state index contributed by atoms with van der Waals surface area (Å²) in [5.41, 5.74) is 10.4. The van der Waals surface area contributed by atoms with Gasteiger partial charge in [-0.15, -0.1) is 0 Å². The van der Waals surface area contributed by atoms with E-state index in [2.05, 4.69) is 204 Å². The summed E-state index contributed by atoms with van der Waals surface area (Å²) in [6.07, 6.45) is 0. The monoisotopic (exact) mass is 664 g/mol. The zero-order valence-corrected chi connectivity index (χ0v) is 28.3. The molecule has 0 amide bonds. The van der Waals surface area contributed by atoms with Crippen LogP contribution in [-0.2, 0) is 0 Å². The molecule has 8 aromatic carbocycles. The molecule has 10 rings (SSSR count). The van der Waals surface area contributed by atoms with Crippen molar-refractivity contribution in [1.29, 1.82) is 0 Å². The summed E-state index contributed by atoms with van der Waals surface area (Å²) in [6.45, 7) is 0. The van der Waals surface area contributed by atoms with Crippen LogP contribution < -0.4 is 4.90 Å². The highest BCUT2D eigenvalue weighted by Gasteiger charge is 2.21. The third kappa shape index (κ3) is 4.92. The highest BCUT2D eigenvalue weighted by Crippen LogP contribution is 2.43. The van der Waals surface area contributed by atoms with Crippen LogP contribution in [0.1, 0.15) is 0 Å². The molecular weight excluding hydrogens is 633 g/mol. The molecule has 0 N–H and O–H groups in total. The number of fused-ring (bicyclic) bond motifs is 6. The van der Waals surface area contributed by atoms with Gasteiger partial charge in [-0.2, -0.15) is 0 Å². The fraction of sp³-hybridized carbons (Fsp3) is 0. The van der Waals surface area contributed by atoms with E-state index in [1.807, 2.05) is 0 Å². The van der Waals surface area contributed by atoms with Crippen LogP contribution in [0, 0.1) is 0 Å². The Labute approximate surface area is 301 Å². The van der Waals surface area contributed by atoms with E-state index in [1.165, 1.54) is 16.2 Å². The van der Waals surface area contributed by atoms with Gasteiger partial charge in [0.1, 0.15) is 5.82 Å². The SMILES string of the molecule is c1ccc(N(c2ccccc2)c2ccc(-c3nc4cccc(-c5nc6ccccc6n5-c5ccccc5)c4c4c3ccc3ccccc34)cc2)cc1. The fourth-order valence-electron chi connectivity index (χ4n) is 7.64. The van der Waals surface area contributed by atoms with Crippen molar-refractivity contribution in [3.8, 4) is 28.3 Å². The molecule has 0 bridgehead atoms. The summed E-state index contributed by atoms with van der Waals surface area (Å²) in [4.78, 5) is 13.0. The number of nitrogens with zero attached hydrogens (tertiary/aromatic N) is 4. The Balaban J connectivity index is 1.22. The van der Waals surface area contributed by atoms with Crippen LogP contribution in [0.4, 0.5) is 17.1 Å². The van der Waals surface area contributed by atoms with Crippen LogP contribution >= 0.6 is 0 Å². The lowest BCUT2D eigenvalue weighted by Crippen LogP contribution is -2.09. The number of hydrogen-bond donors (Lipinski definition) is 0. The average molecular weight is 665 g/mol. The van der Waals surface area contributed by atoms with Crippen LogP contribution in [0.2, 0.25) is 0 Å². The van der Waals surface area contributed by atoms with Crippen molar-refractivity contribution in [3.63, 3.8) is 0 Å². The van der Waals surface area contributed by atoms with Gasteiger partial charge < -0.3 is 4.90 Å². The molecule has 10 aromatic rings. The Morgan fingerprint density at radius 1 is 0.404 bits per heavy atom. The number of benzene rings is 8. The maximum Gasteiger partial charge on any atom is 0.146 e. The standard InChI is InChI=1S/C48H32N4/c1-4-16-35(17-5-1)51(36-18-6-2-7-19-36)38-30-27-34(28-31-38)47-40-32-29-33-15-10-11-22-39(33)45(40)46-41(23-14-25-43(46)49-47)48-50-42-24-12-13-26-44(42)52(48)37-20-8-3-9-21-37/h1-32H. The Hall–Kier alpha value is -7.04. The molecule has 0 saturated heterocycles. The van der Waals surface area contributed by atoms with Crippen molar-refractivity contribution in [2.24, 2.45) is 0 Å². The highest BCUT2D eigenvalue weighted by atomic mass is 15.1. The molecule has 0 atom stereocenters. The molecule has 0 fully saturated rings. The van der Waals surface area contributed by atoms with Crippen molar-refractivity contribution < 1.29 is 0 Å². The van der Waals surface area contributed by atoms with Crippen molar-refractivity contribution in [2.45, 2.75) is 0 Å². The van der Waals surface area contributed by atoms with Gasteiger partial charge in [-0.25, -0.2) is 9.97 Å². The molecule has 0 saturated carbocycles. The minimum absolute atomic E-state index is 0.896. The Bertz CT molecular complexity index is 2840. The van der Waals surface area contributed by atoms with Gasteiger partial charge in [-0.3, -0.25) is 4.57 Å². The second kappa shape index (κ2) is 12.4. The first-order valence-corrected chi connectivity index (χ1v) is 17.6. The van der Waals surface area contributed by atoms with Crippen LogP contribution in [0.5, 0.6) is 0 Å². The van der Waals surface area contributed by atoms with Gasteiger partial charge in [0.25, 0.3) is 0 Å². The zero-order valence-electron chi connectivity index (χ0n) is 28.3. The lowest BCUT2D eigenvalue weighted by molar-refractivity contribution is 1.11. The summed E-state index contributed by atoms with van der Waals surface area (Å²) < 4.78 is 2.28. The molecule has 2 heterocycles. The quantitative estimate of drug-likeness (QED) is 0.166. The first-order valence-electron chi connectivity index (χ1n) is 17.6. The van der Waals surface area contributed by atoms with E-state index >= 15 is 0 Å². The van der Waals surface area contributed by atoms with E-state index in [1.54, 1.807) is 0 Å². The average Bonchev–Trinajstić information content (AvgIpc) is 3.61. The second-order valence-electron chi connectivity index (χ2n) is 13.0. The van der Waals surface area contributed by atoms with Crippen LogP contribution in [-0.4, -0.2) is 14.5 Å². The van der Waals surface area contributed by atoms with E-state index < -0.39 is 0 Å². The number of imidazole rings is 1. The number of aromatic nitrogens is 3. The number of rotatable bonds is 6. The van der Waals surface area contributed by atoms with Crippen molar-refractivity contribution in [1.82, 2.24) is 14.5 Å². The summed E-state index contributed by atoms with van der Waals surface area (Å²) >= 11 is 0. The van der Waals surface area contributed by atoms with E-state index in [0.29, 0.717) is 0 Å². The maximum absolute atomic E-state index is 5.46. The van der Waals surface area contributed by atoms with Crippen molar-refractivity contribution >= 4 is 60.5 Å². The molecule has 0 aliphatic heterocycles. The van der Waals surface area contributed by atoms with Gasteiger partial charge in [-0.1, -0.05) is 127 Å². The Morgan fingerprint density at radius 2 is 1.02 bits per heavy atom. The van der Waals surface area contributed by atoms with Crippen LogP contribution in [0.25, 0.3) is 71.8 Å². The third-order valence-corrected chi connectivity index (χ3v) is 9.95. The minimum Gasteiger partial charge on any atom is -0.311 e. The topological polar surface area (TPSA) is 34.0 Å². The van der Waals surface area contributed by atoms with Crippen LogP contribution in [0.3, 0.4) is 0 Å². The van der Waals surface area contributed by atoms with Crippen molar-refractivity contribution in [2.75, 3.05) is 4.90 Å². The number of pyridine rings is 1. The number of para-hydroxylation sites is 5. The molecule has 0 spiro atoms. The third-order valence-electron chi connectivity index (χ3n) is 9.95. The lowest BCUT2D eigenvalue weighted by Gasteiger charge is -2.25. The van der Waals surface area contributed by atoms with E-state index in [0.717, 1.165) is 72.7 Å². The van der Waals surface area contributed by atoms with E-state index in [4.69, 9.17) is 9.97 Å². The van der Waals surface area contributed by atoms with Gasteiger partial charge in [0.2, 0.25) is 0 Å². The predicted octanol–water partition coefficient (Wildman–Crippen LogP) is 12.7. The fourth-order valence-corrected chi connectivity index (χ4v) is 7.64. The Morgan fingerprint density at radius 3 is 1.77 bits per heavy atom. The van der Waals surface area contributed by atoms with Gasteiger partial charge in [0, 0.05) is 50.0 Å². The summed E-state index contributed by atoms with van der Waals surface area (Å²) in [7, 11) is 0. The molecule has 0 aliphatic carbocycles. The molecule has 52 heavy (non-hydrogen) atoms. The number of hydrogen-bond acceptors (Lipinski definition) is 3. The van der Waals surface area contributed by atoms with Gasteiger partial charge in [0.05, 0.1) is 22.2 Å². The number of anilines is 3. The summed E-state index contributed by atoms with van der Waals surface area (Å²) in [6, 6.07) is 68.3. The maximum atomic E-state index is 5.46. The van der Waals surface area contributed by atoms with Gasteiger partial charge >= 0.3 is 0 Å². The zero-order chi connectivity index (χ0) is 34.4. The largest absolute Gasteiger partial charge is 0.311 e. The predicted molar refractivity (Wildman–Crippen MR) is 217 cm³/mol. The minimum atomic E-state index is 0.896. The second-order valence-corrected chi connectivity index (χ2v) is 13.0. The van der Waals surface area contributed by atoms with Gasteiger partial charge in [0.15, 0.2) is 0 Å². The smallest absolute Gasteiger partial charge is 0.146 e. The highest BCUT2D eigenvalue weighted by molar-refractivity contribution is 6.25. The molecular formula is C48H32N4. The molecule has 2 aromatic heterocycles. The summed E-state index contributed by atoms with van der Waals surface area (Å²) in [5, 5.41) is 5.77. The molecule has 244 valence electrons. The van der Waals surface area contributed by atoms with Gasteiger partial charge in [-0.05, 0) is 77.5 Å². The molecule has 0 radical (unpaired) electrons. The first-order chi connectivity index (χ1) is 25.8. The molecule has 0 unspecified atom stereocenters. The normalized spacial score (nSPS) is 11.5. The lowest BCUT2D eigenvalue weighted by atomic mass is 9.93. The van der Waals surface area contributed by atoms with E-state index in [-0.39, 0.29) is 0 Å².